The van der Waals surface area contributed by atoms with Crippen LogP contribution in [0.1, 0.15) is 28.7 Å². The first-order chi connectivity index (χ1) is 12.0. The summed E-state index contributed by atoms with van der Waals surface area (Å²) in [4.78, 5) is 28.2. The molecular weight excluding hydrogens is 322 g/mol. The van der Waals surface area contributed by atoms with Crippen molar-refractivity contribution in [3.63, 3.8) is 0 Å². The van der Waals surface area contributed by atoms with Crippen LogP contribution in [-0.4, -0.2) is 57.7 Å². The molecule has 0 unspecified atom stereocenters. The van der Waals surface area contributed by atoms with E-state index in [1.54, 1.807) is 26.6 Å². The molecule has 0 aliphatic carbocycles. The zero-order chi connectivity index (χ0) is 18.0. The van der Waals surface area contributed by atoms with Crippen LogP contribution in [0.5, 0.6) is 0 Å². The van der Waals surface area contributed by atoms with Gasteiger partial charge in [-0.1, -0.05) is 6.92 Å². The summed E-state index contributed by atoms with van der Waals surface area (Å²) >= 11 is 0. The monoisotopic (exact) mass is 345 g/mol. The van der Waals surface area contributed by atoms with E-state index in [1.165, 1.54) is 6.26 Å². The predicted octanol–water partition coefficient (Wildman–Crippen LogP) is 1.87. The number of carbonyl (C=O) groups is 2. The highest BCUT2D eigenvalue weighted by Gasteiger charge is 2.26. The van der Waals surface area contributed by atoms with E-state index < -0.39 is 0 Å². The molecule has 3 rings (SSSR count). The molecule has 1 aliphatic rings. The van der Waals surface area contributed by atoms with Crippen LogP contribution < -0.4 is 5.32 Å². The lowest BCUT2D eigenvalue weighted by atomic mass is 10.2. The van der Waals surface area contributed by atoms with E-state index in [0.29, 0.717) is 31.9 Å². The molecule has 0 radical (unpaired) electrons. The van der Waals surface area contributed by atoms with E-state index >= 15 is 0 Å². The number of anilines is 1. The number of rotatable bonds is 3. The topological polar surface area (TPSA) is 83.6 Å². The van der Waals surface area contributed by atoms with Crippen molar-refractivity contribution in [3.8, 4) is 0 Å². The van der Waals surface area contributed by atoms with E-state index in [0.717, 1.165) is 23.5 Å². The number of carbonyl (C=O) groups excluding carboxylic acids is 2. The molecular formula is C17H23N5O3. The van der Waals surface area contributed by atoms with Gasteiger partial charge in [-0.05, 0) is 25.5 Å². The minimum Gasteiger partial charge on any atom is -0.459 e. The maximum Gasteiger partial charge on any atom is 0.323 e. The maximum absolute atomic E-state index is 12.5. The highest BCUT2D eigenvalue weighted by atomic mass is 16.3. The van der Waals surface area contributed by atoms with Crippen LogP contribution in [0, 0.1) is 6.92 Å². The van der Waals surface area contributed by atoms with Crippen molar-refractivity contribution in [2.45, 2.75) is 20.3 Å². The fraction of sp³-hybridized carbons (Fsp3) is 0.471. The molecule has 1 fully saturated rings. The summed E-state index contributed by atoms with van der Waals surface area (Å²) in [5.41, 5.74) is 1.97. The van der Waals surface area contributed by atoms with Gasteiger partial charge >= 0.3 is 6.03 Å². The van der Waals surface area contributed by atoms with Gasteiger partial charge in [-0.3, -0.25) is 14.8 Å². The number of nitrogens with zero attached hydrogens (tertiary/aromatic N) is 4. The minimum absolute atomic E-state index is 0.139. The Hall–Kier alpha value is -2.77. The molecule has 0 bridgehead atoms. The number of aryl methyl sites for hydroxylation is 2. The SMILES string of the molecule is CCc1nn(C)c(NC(=O)N2CCN(C(=O)c3ccco3)CC2)c1C. The number of amides is 3. The smallest absolute Gasteiger partial charge is 0.323 e. The highest BCUT2D eigenvalue weighted by molar-refractivity contribution is 5.92. The van der Waals surface area contributed by atoms with Crippen molar-refractivity contribution in [1.29, 1.82) is 0 Å². The Bertz CT molecular complexity index is 758. The number of hydrogen-bond acceptors (Lipinski definition) is 4. The Morgan fingerprint density at radius 1 is 1.24 bits per heavy atom. The van der Waals surface area contributed by atoms with Gasteiger partial charge in [0.05, 0.1) is 12.0 Å². The number of hydrogen-bond donors (Lipinski definition) is 1. The summed E-state index contributed by atoms with van der Waals surface area (Å²) in [5, 5.41) is 7.35. The summed E-state index contributed by atoms with van der Waals surface area (Å²) in [6.45, 7) is 5.93. The number of aromatic nitrogens is 2. The van der Waals surface area contributed by atoms with Gasteiger partial charge in [0.15, 0.2) is 5.76 Å². The third kappa shape index (κ3) is 3.38. The van der Waals surface area contributed by atoms with E-state index in [4.69, 9.17) is 4.42 Å². The molecule has 1 saturated heterocycles. The molecule has 8 heteroatoms. The van der Waals surface area contributed by atoms with E-state index in [1.807, 2.05) is 20.9 Å². The Labute approximate surface area is 146 Å². The Kier molecular flexibility index (Phi) is 4.78. The molecule has 1 N–H and O–H groups in total. The zero-order valence-corrected chi connectivity index (χ0v) is 14.8. The Balaban J connectivity index is 1.59. The second-order valence-corrected chi connectivity index (χ2v) is 6.08. The second kappa shape index (κ2) is 7.00. The van der Waals surface area contributed by atoms with Crippen LogP contribution >= 0.6 is 0 Å². The average Bonchev–Trinajstić information content (AvgIpc) is 3.25. The average molecular weight is 345 g/mol. The lowest BCUT2D eigenvalue weighted by Gasteiger charge is -2.34. The summed E-state index contributed by atoms with van der Waals surface area (Å²) < 4.78 is 6.84. The number of nitrogens with one attached hydrogen (secondary N) is 1. The van der Waals surface area contributed by atoms with Gasteiger partial charge in [-0.15, -0.1) is 0 Å². The van der Waals surface area contributed by atoms with Crippen molar-refractivity contribution in [1.82, 2.24) is 19.6 Å². The summed E-state index contributed by atoms with van der Waals surface area (Å²) in [5.74, 6) is 0.909. The van der Waals surface area contributed by atoms with Gasteiger partial charge in [-0.2, -0.15) is 5.10 Å². The molecule has 0 aromatic carbocycles. The van der Waals surface area contributed by atoms with Crippen molar-refractivity contribution in [3.05, 3.63) is 35.4 Å². The number of urea groups is 1. The van der Waals surface area contributed by atoms with Crippen LogP contribution in [0.3, 0.4) is 0 Å². The third-order valence-corrected chi connectivity index (χ3v) is 4.53. The highest BCUT2D eigenvalue weighted by Crippen LogP contribution is 2.19. The molecule has 0 atom stereocenters. The first-order valence-corrected chi connectivity index (χ1v) is 8.42. The molecule has 8 nitrogen and oxygen atoms in total. The van der Waals surface area contributed by atoms with Gasteiger partial charge in [0.1, 0.15) is 5.82 Å². The first kappa shape index (κ1) is 17.1. The molecule has 134 valence electrons. The van der Waals surface area contributed by atoms with Crippen molar-refractivity contribution in [2.24, 2.45) is 7.05 Å². The molecule has 3 heterocycles. The van der Waals surface area contributed by atoms with Crippen LogP contribution in [0.15, 0.2) is 22.8 Å². The molecule has 2 aromatic rings. The number of piperazine rings is 1. The van der Waals surface area contributed by atoms with Crippen LogP contribution in [-0.2, 0) is 13.5 Å². The number of furan rings is 1. The van der Waals surface area contributed by atoms with E-state index in [9.17, 15) is 9.59 Å². The lowest BCUT2D eigenvalue weighted by molar-refractivity contribution is 0.0640. The van der Waals surface area contributed by atoms with E-state index in [-0.39, 0.29) is 11.9 Å². The largest absolute Gasteiger partial charge is 0.459 e. The maximum atomic E-state index is 12.5. The van der Waals surface area contributed by atoms with Gasteiger partial charge in [0.2, 0.25) is 0 Å². The first-order valence-electron chi connectivity index (χ1n) is 8.42. The quantitative estimate of drug-likeness (QED) is 0.920. The van der Waals surface area contributed by atoms with Crippen LogP contribution in [0.4, 0.5) is 10.6 Å². The lowest BCUT2D eigenvalue weighted by Crippen LogP contribution is -2.51. The standard InChI is InChI=1S/C17H23N5O3/c1-4-13-12(2)15(20(3)19-13)18-17(24)22-9-7-21(8-10-22)16(23)14-6-5-11-25-14/h5-6,11H,4,7-10H2,1-3H3,(H,18,24). The third-order valence-electron chi connectivity index (χ3n) is 4.53. The fourth-order valence-corrected chi connectivity index (χ4v) is 3.05. The van der Waals surface area contributed by atoms with Crippen molar-refractivity contribution < 1.29 is 14.0 Å². The minimum atomic E-state index is -0.168. The second-order valence-electron chi connectivity index (χ2n) is 6.08. The fourth-order valence-electron chi connectivity index (χ4n) is 3.05. The van der Waals surface area contributed by atoms with Gasteiger partial charge in [0.25, 0.3) is 5.91 Å². The van der Waals surface area contributed by atoms with Gasteiger partial charge < -0.3 is 14.2 Å². The predicted molar refractivity (Wildman–Crippen MR) is 92.5 cm³/mol. The van der Waals surface area contributed by atoms with Crippen LogP contribution in [0.25, 0.3) is 0 Å². The Morgan fingerprint density at radius 2 is 1.92 bits per heavy atom. The summed E-state index contributed by atoms with van der Waals surface area (Å²) in [7, 11) is 1.82. The Morgan fingerprint density at radius 3 is 2.48 bits per heavy atom. The molecule has 2 aromatic heterocycles. The van der Waals surface area contributed by atoms with E-state index in [2.05, 4.69) is 10.4 Å². The summed E-state index contributed by atoms with van der Waals surface area (Å²) in [6.07, 6.45) is 2.31. The molecule has 1 aliphatic heterocycles. The molecule has 0 saturated carbocycles. The summed E-state index contributed by atoms with van der Waals surface area (Å²) in [6, 6.07) is 3.18. The van der Waals surface area contributed by atoms with Gasteiger partial charge in [-0.25, -0.2) is 4.79 Å². The normalized spacial score (nSPS) is 14.7. The molecule has 25 heavy (non-hydrogen) atoms. The molecule has 3 amide bonds. The van der Waals surface area contributed by atoms with Crippen molar-refractivity contribution >= 4 is 17.8 Å². The molecule has 0 spiro atoms. The van der Waals surface area contributed by atoms with Crippen LogP contribution in [0.2, 0.25) is 0 Å². The van der Waals surface area contributed by atoms with Gasteiger partial charge in [0, 0.05) is 38.8 Å². The van der Waals surface area contributed by atoms with Crippen molar-refractivity contribution in [2.75, 3.05) is 31.5 Å². The zero-order valence-electron chi connectivity index (χ0n) is 14.8.